The highest BCUT2D eigenvalue weighted by Crippen LogP contribution is 2.06. The van der Waals surface area contributed by atoms with Crippen LogP contribution in [0.4, 0.5) is 0 Å². The number of benzene rings is 1. The maximum absolute atomic E-state index is 11.4. The number of hydrogen-bond donors (Lipinski definition) is 2. The summed E-state index contributed by atoms with van der Waals surface area (Å²) in [5.41, 5.74) is 2.21. The molecule has 0 fully saturated rings. The van der Waals surface area contributed by atoms with Gasteiger partial charge in [0.05, 0.1) is 6.61 Å². The number of amides is 1. The lowest BCUT2D eigenvalue weighted by Gasteiger charge is -2.07. The fourth-order valence-electron chi connectivity index (χ4n) is 1.52. The van der Waals surface area contributed by atoms with Crippen molar-refractivity contribution in [3.8, 4) is 0 Å². The van der Waals surface area contributed by atoms with E-state index in [4.69, 9.17) is 4.74 Å². The van der Waals surface area contributed by atoms with Crippen LogP contribution in [-0.4, -0.2) is 26.6 Å². The second kappa shape index (κ2) is 9.88. The molecule has 1 aromatic rings. The zero-order valence-corrected chi connectivity index (χ0v) is 11.7. The lowest BCUT2D eigenvalue weighted by atomic mass is 10.1. The van der Waals surface area contributed by atoms with Crippen LogP contribution in [0.2, 0.25) is 0 Å². The van der Waals surface area contributed by atoms with E-state index in [-0.39, 0.29) is 18.3 Å². The normalized spacial score (nSPS) is 9.67. The number of hydrogen-bond acceptors (Lipinski definition) is 3. The Bertz CT molecular complexity index is 359. The average Bonchev–Trinajstić information content (AvgIpc) is 2.35. The van der Waals surface area contributed by atoms with E-state index in [9.17, 15) is 4.79 Å². The molecule has 0 heterocycles. The third-order valence-corrected chi connectivity index (χ3v) is 2.39. The van der Waals surface area contributed by atoms with E-state index in [1.54, 1.807) is 7.11 Å². The Hall–Kier alpha value is -1.10. The first kappa shape index (κ1) is 16.9. The van der Waals surface area contributed by atoms with Gasteiger partial charge in [0.1, 0.15) is 0 Å². The summed E-state index contributed by atoms with van der Waals surface area (Å²) in [6.07, 6.45) is 0.508. The number of rotatable bonds is 7. The molecule has 0 unspecified atom stereocenters. The van der Waals surface area contributed by atoms with Crippen molar-refractivity contribution in [2.24, 2.45) is 0 Å². The molecule has 5 heteroatoms. The topological polar surface area (TPSA) is 50.4 Å². The van der Waals surface area contributed by atoms with E-state index in [0.717, 1.165) is 11.1 Å². The van der Waals surface area contributed by atoms with Gasteiger partial charge in [-0.05, 0) is 18.2 Å². The van der Waals surface area contributed by atoms with E-state index >= 15 is 0 Å². The summed E-state index contributed by atoms with van der Waals surface area (Å²) < 4.78 is 5.07. The van der Waals surface area contributed by atoms with Crippen molar-refractivity contribution < 1.29 is 9.53 Å². The Morgan fingerprint density at radius 2 is 2.06 bits per heavy atom. The van der Waals surface area contributed by atoms with E-state index in [1.165, 1.54) is 0 Å². The molecule has 0 atom stereocenters. The molecule has 0 aliphatic rings. The molecule has 0 aliphatic carbocycles. The highest BCUT2D eigenvalue weighted by molar-refractivity contribution is 5.85. The maximum atomic E-state index is 11.4. The number of nitrogens with one attached hydrogen (secondary N) is 2. The fraction of sp³-hybridized carbons (Fsp3) is 0.462. The number of halogens is 1. The Kier molecular flexibility index (Phi) is 9.28. The first-order valence-corrected chi connectivity index (χ1v) is 5.74. The first-order chi connectivity index (χ1) is 8.26. The molecular weight excluding hydrogens is 252 g/mol. The number of ether oxygens (including phenoxy) is 1. The molecule has 1 amide bonds. The van der Waals surface area contributed by atoms with E-state index in [2.05, 4.69) is 10.6 Å². The Morgan fingerprint density at radius 1 is 1.33 bits per heavy atom. The molecule has 0 bridgehead atoms. The molecule has 1 aromatic carbocycles. The van der Waals surface area contributed by atoms with Gasteiger partial charge in [-0.1, -0.05) is 24.3 Å². The van der Waals surface area contributed by atoms with E-state index < -0.39 is 0 Å². The highest BCUT2D eigenvalue weighted by Gasteiger charge is 2.01. The van der Waals surface area contributed by atoms with Crippen molar-refractivity contribution in [1.29, 1.82) is 0 Å². The molecule has 0 aromatic heterocycles. The van der Waals surface area contributed by atoms with Crippen molar-refractivity contribution in [3.05, 3.63) is 35.4 Å². The van der Waals surface area contributed by atoms with Crippen LogP contribution in [0.1, 0.15) is 17.5 Å². The summed E-state index contributed by atoms with van der Waals surface area (Å²) in [6.45, 7) is 1.87. The molecule has 102 valence electrons. The van der Waals surface area contributed by atoms with Gasteiger partial charge in [0.2, 0.25) is 5.91 Å². The van der Waals surface area contributed by atoms with Crippen molar-refractivity contribution in [2.75, 3.05) is 20.7 Å². The summed E-state index contributed by atoms with van der Waals surface area (Å²) in [5, 5.41) is 5.83. The second-order valence-electron chi connectivity index (χ2n) is 3.88. The Balaban J connectivity index is 0.00000289. The van der Waals surface area contributed by atoms with E-state index in [0.29, 0.717) is 26.1 Å². The minimum atomic E-state index is 0. The smallest absolute Gasteiger partial charge is 0.221 e. The van der Waals surface area contributed by atoms with Crippen molar-refractivity contribution in [3.63, 3.8) is 0 Å². The maximum Gasteiger partial charge on any atom is 0.221 e. The molecule has 0 saturated heterocycles. The Labute approximate surface area is 115 Å². The van der Waals surface area contributed by atoms with Crippen LogP contribution >= 0.6 is 12.4 Å². The van der Waals surface area contributed by atoms with Gasteiger partial charge < -0.3 is 15.4 Å². The monoisotopic (exact) mass is 272 g/mol. The number of carbonyl (C=O) groups is 1. The van der Waals surface area contributed by atoms with Gasteiger partial charge in [-0.2, -0.15) is 0 Å². The summed E-state index contributed by atoms with van der Waals surface area (Å²) >= 11 is 0. The molecular formula is C13H21ClN2O2. The van der Waals surface area contributed by atoms with Crippen LogP contribution in [0.15, 0.2) is 24.3 Å². The van der Waals surface area contributed by atoms with Crippen LogP contribution < -0.4 is 10.6 Å². The number of carbonyl (C=O) groups excluding carboxylic acids is 1. The molecule has 0 saturated carbocycles. The van der Waals surface area contributed by atoms with Gasteiger partial charge in [-0.15, -0.1) is 12.4 Å². The van der Waals surface area contributed by atoms with Crippen molar-refractivity contribution in [2.45, 2.75) is 19.6 Å². The molecule has 18 heavy (non-hydrogen) atoms. The zero-order valence-electron chi connectivity index (χ0n) is 10.9. The summed E-state index contributed by atoms with van der Waals surface area (Å²) in [5.74, 6) is 0.0662. The predicted octanol–water partition coefficient (Wildman–Crippen LogP) is 1.48. The summed E-state index contributed by atoms with van der Waals surface area (Å²) in [6, 6.07) is 8.03. The molecule has 4 nitrogen and oxygen atoms in total. The van der Waals surface area contributed by atoms with Gasteiger partial charge in [0.25, 0.3) is 0 Å². The van der Waals surface area contributed by atoms with Crippen LogP contribution in [-0.2, 0) is 22.7 Å². The molecule has 0 radical (unpaired) electrons. The van der Waals surface area contributed by atoms with Crippen LogP contribution in [0, 0.1) is 0 Å². The van der Waals surface area contributed by atoms with Gasteiger partial charge in [-0.25, -0.2) is 0 Å². The minimum absolute atomic E-state index is 0. The molecule has 0 aliphatic heterocycles. The van der Waals surface area contributed by atoms with Crippen molar-refractivity contribution in [1.82, 2.24) is 10.6 Å². The SMILES string of the molecule is CNCCC(=O)NCc1cccc(COC)c1.Cl. The van der Waals surface area contributed by atoms with Crippen molar-refractivity contribution >= 4 is 18.3 Å². The number of methoxy groups -OCH3 is 1. The van der Waals surface area contributed by atoms with E-state index in [1.807, 2.05) is 31.3 Å². The first-order valence-electron chi connectivity index (χ1n) is 5.74. The third-order valence-electron chi connectivity index (χ3n) is 2.39. The minimum Gasteiger partial charge on any atom is -0.380 e. The molecule has 0 spiro atoms. The standard InChI is InChI=1S/C13H20N2O2.ClH/c1-14-7-6-13(16)15-9-11-4-3-5-12(8-11)10-17-2;/h3-5,8,14H,6-7,9-10H2,1-2H3,(H,15,16);1H. The summed E-state index contributed by atoms with van der Waals surface area (Å²) in [7, 11) is 3.51. The summed E-state index contributed by atoms with van der Waals surface area (Å²) in [4.78, 5) is 11.4. The van der Waals surface area contributed by atoms with Crippen LogP contribution in [0.5, 0.6) is 0 Å². The largest absolute Gasteiger partial charge is 0.380 e. The lowest BCUT2D eigenvalue weighted by Crippen LogP contribution is -2.26. The van der Waals surface area contributed by atoms with Gasteiger partial charge >= 0.3 is 0 Å². The van der Waals surface area contributed by atoms with Gasteiger partial charge in [0, 0.05) is 26.6 Å². The average molecular weight is 273 g/mol. The molecule has 1 rings (SSSR count). The third kappa shape index (κ3) is 6.59. The Morgan fingerprint density at radius 3 is 2.72 bits per heavy atom. The zero-order chi connectivity index (χ0) is 12.5. The highest BCUT2D eigenvalue weighted by atomic mass is 35.5. The van der Waals surface area contributed by atoms with Crippen LogP contribution in [0.25, 0.3) is 0 Å². The van der Waals surface area contributed by atoms with Gasteiger partial charge in [-0.3, -0.25) is 4.79 Å². The fourth-order valence-corrected chi connectivity index (χ4v) is 1.52. The second-order valence-corrected chi connectivity index (χ2v) is 3.88. The molecule has 2 N–H and O–H groups in total. The predicted molar refractivity (Wildman–Crippen MR) is 74.8 cm³/mol. The van der Waals surface area contributed by atoms with Gasteiger partial charge in [0.15, 0.2) is 0 Å². The lowest BCUT2D eigenvalue weighted by molar-refractivity contribution is -0.121. The van der Waals surface area contributed by atoms with Crippen LogP contribution in [0.3, 0.4) is 0 Å². The quantitative estimate of drug-likeness (QED) is 0.791.